The quantitative estimate of drug-likeness (QED) is 0.739. The molecule has 1 saturated carbocycles. The Morgan fingerprint density at radius 1 is 1.18 bits per heavy atom. The average molecular weight is 332 g/mol. The smallest absolute Gasteiger partial charge is 0.241 e. The summed E-state index contributed by atoms with van der Waals surface area (Å²) < 4.78 is 28.4. The van der Waals surface area contributed by atoms with Crippen molar-refractivity contribution in [2.75, 3.05) is 39.6 Å². The van der Waals surface area contributed by atoms with E-state index in [-0.39, 0.29) is 11.3 Å². The van der Waals surface area contributed by atoms with E-state index in [0.29, 0.717) is 26.0 Å². The third-order valence-electron chi connectivity index (χ3n) is 5.27. The molecule has 6 nitrogen and oxygen atoms in total. The number of piperidine rings is 1. The largest absolute Gasteiger partial charge is 0.384 e. The van der Waals surface area contributed by atoms with Gasteiger partial charge in [0.1, 0.15) is 4.75 Å². The SMILES string of the molecule is COCC1(CNC(=O)C2(S(C)(=O)=O)CCCC2)CCNCC1. The first-order valence-corrected chi connectivity index (χ1v) is 9.92. The van der Waals surface area contributed by atoms with E-state index in [1.54, 1.807) is 7.11 Å². The van der Waals surface area contributed by atoms with E-state index in [1.807, 2.05) is 0 Å². The van der Waals surface area contributed by atoms with E-state index >= 15 is 0 Å². The molecular weight excluding hydrogens is 304 g/mol. The highest BCUT2D eigenvalue weighted by Crippen LogP contribution is 2.37. The van der Waals surface area contributed by atoms with E-state index in [9.17, 15) is 13.2 Å². The predicted molar refractivity (Wildman–Crippen MR) is 85.5 cm³/mol. The van der Waals surface area contributed by atoms with Crippen molar-refractivity contribution in [1.82, 2.24) is 10.6 Å². The normalized spacial score (nSPS) is 24.1. The first kappa shape index (κ1) is 17.7. The van der Waals surface area contributed by atoms with Crippen LogP contribution >= 0.6 is 0 Å². The van der Waals surface area contributed by atoms with Gasteiger partial charge in [-0.1, -0.05) is 12.8 Å². The zero-order valence-electron chi connectivity index (χ0n) is 13.6. The fourth-order valence-electron chi connectivity index (χ4n) is 3.78. The maximum absolute atomic E-state index is 12.7. The molecule has 2 aliphatic rings. The summed E-state index contributed by atoms with van der Waals surface area (Å²) in [5.74, 6) is -0.318. The third-order valence-corrected chi connectivity index (χ3v) is 7.29. The van der Waals surface area contributed by atoms with Crippen LogP contribution in [-0.2, 0) is 19.4 Å². The van der Waals surface area contributed by atoms with Gasteiger partial charge in [0.2, 0.25) is 5.91 Å². The summed E-state index contributed by atoms with van der Waals surface area (Å²) in [6.45, 7) is 2.87. The molecule has 128 valence electrons. The highest BCUT2D eigenvalue weighted by molar-refractivity contribution is 7.92. The van der Waals surface area contributed by atoms with Gasteiger partial charge >= 0.3 is 0 Å². The molecule has 1 amide bonds. The number of amides is 1. The molecule has 1 aliphatic heterocycles. The van der Waals surface area contributed by atoms with Crippen molar-refractivity contribution in [3.05, 3.63) is 0 Å². The molecule has 1 saturated heterocycles. The molecule has 2 rings (SSSR count). The van der Waals surface area contributed by atoms with Crippen molar-refractivity contribution < 1.29 is 17.9 Å². The minimum atomic E-state index is -3.40. The monoisotopic (exact) mass is 332 g/mol. The molecule has 0 radical (unpaired) electrons. The van der Waals surface area contributed by atoms with Crippen LogP contribution in [0.3, 0.4) is 0 Å². The van der Waals surface area contributed by atoms with Crippen LogP contribution < -0.4 is 10.6 Å². The van der Waals surface area contributed by atoms with E-state index < -0.39 is 14.6 Å². The summed E-state index contributed by atoms with van der Waals surface area (Å²) in [7, 11) is -1.74. The van der Waals surface area contributed by atoms with E-state index in [4.69, 9.17) is 4.74 Å². The fourth-order valence-corrected chi connectivity index (χ4v) is 5.22. The second kappa shape index (κ2) is 6.84. The van der Waals surface area contributed by atoms with Gasteiger partial charge in [-0.15, -0.1) is 0 Å². The number of carbonyl (C=O) groups excluding carboxylic acids is 1. The van der Waals surface area contributed by atoms with E-state index in [2.05, 4.69) is 10.6 Å². The summed E-state index contributed by atoms with van der Waals surface area (Å²) in [4.78, 5) is 12.7. The van der Waals surface area contributed by atoms with Crippen LogP contribution in [0.15, 0.2) is 0 Å². The van der Waals surface area contributed by atoms with Crippen LogP contribution in [0.1, 0.15) is 38.5 Å². The Kier molecular flexibility index (Phi) is 5.50. The second-order valence-electron chi connectivity index (χ2n) is 6.84. The van der Waals surface area contributed by atoms with Gasteiger partial charge < -0.3 is 15.4 Å². The van der Waals surface area contributed by atoms with Gasteiger partial charge in [-0.3, -0.25) is 4.79 Å². The number of hydrogen-bond donors (Lipinski definition) is 2. The van der Waals surface area contributed by atoms with E-state index in [0.717, 1.165) is 38.8 Å². The van der Waals surface area contributed by atoms with Crippen LogP contribution in [0.25, 0.3) is 0 Å². The van der Waals surface area contributed by atoms with Crippen LogP contribution in [0.5, 0.6) is 0 Å². The zero-order chi connectivity index (χ0) is 16.3. The van der Waals surface area contributed by atoms with Gasteiger partial charge in [0.15, 0.2) is 9.84 Å². The Morgan fingerprint density at radius 2 is 1.77 bits per heavy atom. The molecule has 1 heterocycles. The minimum absolute atomic E-state index is 0.0903. The van der Waals surface area contributed by atoms with Gasteiger partial charge in [0.05, 0.1) is 6.61 Å². The van der Waals surface area contributed by atoms with Crippen molar-refractivity contribution in [2.24, 2.45) is 5.41 Å². The molecule has 0 atom stereocenters. The lowest BCUT2D eigenvalue weighted by Crippen LogP contribution is -2.54. The molecular formula is C15H28N2O4S. The summed E-state index contributed by atoms with van der Waals surface area (Å²) >= 11 is 0. The summed E-state index contributed by atoms with van der Waals surface area (Å²) in [5.41, 5.74) is -0.0903. The standard InChI is InChI=1S/C15H28N2O4S/c1-21-12-14(7-9-16-10-8-14)11-17-13(18)15(22(2,19)20)5-3-4-6-15/h16H,3-12H2,1-2H3,(H,17,18). The molecule has 0 aromatic carbocycles. The molecule has 0 unspecified atom stereocenters. The lowest BCUT2D eigenvalue weighted by atomic mass is 9.79. The van der Waals surface area contributed by atoms with E-state index in [1.165, 1.54) is 6.26 Å². The van der Waals surface area contributed by atoms with Crippen LogP contribution in [0, 0.1) is 5.41 Å². The second-order valence-corrected chi connectivity index (χ2v) is 9.17. The summed E-state index contributed by atoms with van der Waals surface area (Å²) in [6, 6.07) is 0. The summed E-state index contributed by atoms with van der Waals surface area (Å²) in [5, 5.41) is 6.25. The molecule has 7 heteroatoms. The molecule has 2 fully saturated rings. The topological polar surface area (TPSA) is 84.5 Å². The number of rotatable bonds is 6. The predicted octanol–water partition coefficient (Wildman–Crippen LogP) is 0.476. The zero-order valence-corrected chi connectivity index (χ0v) is 14.4. The van der Waals surface area contributed by atoms with Gasteiger partial charge in [-0.25, -0.2) is 8.42 Å². The molecule has 1 aliphatic carbocycles. The molecule has 0 aromatic rings. The number of hydrogen-bond acceptors (Lipinski definition) is 5. The fraction of sp³-hybridized carbons (Fsp3) is 0.933. The Morgan fingerprint density at radius 3 is 2.27 bits per heavy atom. The Labute approximate surface area is 133 Å². The van der Waals surface area contributed by atoms with Crippen molar-refractivity contribution in [2.45, 2.75) is 43.3 Å². The van der Waals surface area contributed by atoms with Gasteiger partial charge in [0, 0.05) is 25.3 Å². The highest BCUT2D eigenvalue weighted by Gasteiger charge is 2.50. The van der Waals surface area contributed by atoms with Crippen LogP contribution in [0.2, 0.25) is 0 Å². The minimum Gasteiger partial charge on any atom is -0.384 e. The Bertz CT molecular complexity index is 486. The average Bonchev–Trinajstić information content (AvgIpc) is 2.97. The maximum Gasteiger partial charge on any atom is 0.241 e. The highest BCUT2D eigenvalue weighted by atomic mass is 32.2. The van der Waals surface area contributed by atoms with Gasteiger partial charge in [-0.05, 0) is 38.8 Å². The molecule has 2 N–H and O–H groups in total. The van der Waals surface area contributed by atoms with Crippen molar-refractivity contribution in [1.29, 1.82) is 0 Å². The first-order valence-electron chi connectivity index (χ1n) is 8.03. The van der Waals surface area contributed by atoms with Gasteiger partial charge in [-0.2, -0.15) is 0 Å². The van der Waals surface area contributed by atoms with Gasteiger partial charge in [0.25, 0.3) is 0 Å². The van der Waals surface area contributed by atoms with Crippen molar-refractivity contribution in [3.8, 4) is 0 Å². The molecule has 22 heavy (non-hydrogen) atoms. The molecule has 0 bridgehead atoms. The maximum atomic E-state index is 12.7. The number of sulfone groups is 1. The lowest BCUT2D eigenvalue weighted by molar-refractivity contribution is -0.124. The number of nitrogens with one attached hydrogen (secondary N) is 2. The summed E-state index contributed by atoms with van der Waals surface area (Å²) in [6.07, 6.45) is 5.52. The van der Waals surface area contributed by atoms with Crippen LogP contribution in [-0.4, -0.2) is 58.7 Å². The molecule has 0 aromatic heterocycles. The first-order chi connectivity index (χ1) is 10.4. The lowest BCUT2D eigenvalue weighted by Gasteiger charge is -2.38. The number of methoxy groups -OCH3 is 1. The van der Waals surface area contributed by atoms with Crippen LogP contribution in [0.4, 0.5) is 0 Å². The van der Waals surface area contributed by atoms with Crippen molar-refractivity contribution >= 4 is 15.7 Å². The molecule has 0 spiro atoms. The Hall–Kier alpha value is -0.660. The van der Waals surface area contributed by atoms with Crippen molar-refractivity contribution in [3.63, 3.8) is 0 Å². The number of carbonyl (C=O) groups is 1. The number of ether oxygens (including phenoxy) is 1. The third kappa shape index (κ3) is 3.46. The Balaban J connectivity index is 2.07.